The maximum Gasteiger partial charge on any atom is 0.416 e. The highest BCUT2D eigenvalue weighted by Crippen LogP contribution is 2.34. The topological polar surface area (TPSA) is 41.6 Å². The Balaban J connectivity index is 1.34. The monoisotopic (exact) mass is 396 g/mol. The molecule has 1 amide bonds. The van der Waals surface area contributed by atoms with E-state index in [4.69, 9.17) is 4.74 Å². The van der Waals surface area contributed by atoms with E-state index in [1.54, 1.807) is 11.0 Å². The molecular formula is C21H27F3N2O2. The number of amides is 1. The number of carbonyl (C=O) groups excluding carboxylic acids is 1. The average molecular weight is 396 g/mol. The van der Waals surface area contributed by atoms with Crippen LogP contribution in [0.5, 0.6) is 0 Å². The standard InChI is InChI=1S/C21H27F3N2O2/c1-20(12-28-13-20)11-25-18-5-3-15(9-18)19(27)26-7-6-14-2-4-17(21(22,23)24)8-16(14)10-26/h2,4,8,15,18,25H,3,5-7,9-13H2,1H3/t15-,18?/m0/s1. The van der Waals surface area contributed by atoms with Gasteiger partial charge in [0.1, 0.15) is 0 Å². The van der Waals surface area contributed by atoms with Gasteiger partial charge in [0, 0.05) is 37.0 Å². The van der Waals surface area contributed by atoms with Crippen LogP contribution in [0.1, 0.15) is 42.9 Å². The molecule has 1 aromatic carbocycles. The van der Waals surface area contributed by atoms with Crippen LogP contribution < -0.4 is 5.32 Å². The second-order valence-electron chi connectivity index (χ2n) is 8.88. The molecule has 1 aromatic rings. The molecule has 154 valence electrons. The summed E-state index contributed by atoms with van der Waals surface area (Å²) in [5, 5.41) is 3.58. The van der Waals surface area contributed by atoms with E-state index in [-0.39, 0.29) is 23.8 Å². The third-order valence-corrected chi connectivity index (χ3v) is 6.36. The number of fused-ring (bicyclic) bond motifs is 1. The van der Waals surface area contributed by atoms with Gasteiger partial charge in [-0.2, -0.15) is 13.2 Å². The minimum absolute atomic E-state index is 0.0321. The van der Waals surface area contributed by atoms with Gasteiger partial charge < -0.3 is 15.0 Å². The summed E-state index contributed by atoms with van der Waals surface area (Å²) in [5.74, 6) is 0.0563. The number of rotatable bonds is 4. The molecule has 2 heterocycles. The van der Waals surface area contributed by atoms with Gasteiger partial charge in [-0.3, -0.25) is 4.79 Å². The second kappa shape index (κ2) is 7.34. The van der Waals surface area contributed by atoms with Crippen molar-refractivity contribution < 1.29 is 22.7 Å². The highest BCUT2D eigenvalue weighted by molar-refractivity contribution is 5.79. The van der Waals surface area contributed by atoms with Crippen LogP contribution in [0.2, 0.25) is 0 Å². The second-order valence-corrected chi connectivity index (χ2v) is 8.88. The zero-order valence-electron chi connectivity index (χ0n) is 16.1. The summed E-state index contributed by atoms with van der Waals surface area (Å²) in [5.41, 5.74) is 1.10. The Hall–Kier alpha value is -1.60. The van der Waals surface area contributed by atoms with E-state index in [0.29, 0.717) is 24.6 Å². The van der Waals surface area contributed by atoms with Gasteiger partial charge in [-0.15, -0.1) is 0 Å². The zero-order valence-corrected chi connectivity index (χ0v) is 16.1. The predicted molar refractivity (Wildman–Crippen MR) is 98.6 cm³/mol. The first-order chi connectivity index (χ1) is 13.2. The van der Waals surface area contributed by atoms with Crippen LogP contribution in [-0.2, 0) is 28.7 Å². The first-order valence-electron chi connectivity index (χ1n) is 10.0. The largest absolute Gasteiger partial charge is 0.416 e. The third kappa shape index (κ3) is 4.06. The van der Waals surface area contributed by atoms with E-state index in [2.05, 4.69) is 12.2 Å². The summed E-state index contributed by atoms with van der Waals surface area (Å²) < 4.78 is 44.3. The summed E-state index contributed by atoms with van der Waals surface area (Å²) in [6.45, 7) is 5.52. The SMILES string of the molecule is CC1(CNC2CC[C@H](C(=O)N3CCc4ccc(C(F)(F)F)cc4C3)C2)COC1. The van der Waals surface area contributed by atoms with E-state index in [0.717, 1.165) is 50.7 Å². The molecule has 0 radical (unpaired) electrons. The number of hydrogen-bond acceptors (Lipinski definition) is 3. The van der Waals surface area contributed by atoms with E-state index in [1.165, 1.54) is 6.07 Å². The summed E-state index contributed by atoms with van der Waals surface area (Å²) >= 11 is 0. The molecule has 1 unspecified atom stereocenters. The Morgan fingerprint density at radius 1 is 1.29 bits per heavy atom. The van der Waals surface area contributed by atoms with Crippen molar-refractivity contribution >= 4 is 5.91 Å². The minimum atomic E-state index is -4.35. The molecule has 2 fully saturated rings. The van der Waals surface area contributed by atoms with Crippen molar-refractivity contribution in [3.63, 3.8) is 0 Å². The lowest BCUT2D eigenvalue weighted by Gasteiger charge is -2.39. The van der Waals surface area contributed by atoms with Crippen molar-refractivity contribution in [3.05, 3.63) is 34.9 Å². The number of hydrogen-bond donors (Lipinski definition) is 1. The fourth-order valence-electron chi connectivity index (χ4n) is 4.51. The minimum Gasteiger partial charge on any atom is -0.380 e. The molecule has 2 atom stereocenters. The van der Waals surface area contributed by atoms with Gasteiger partial charge >= 0.3 is 6.18 Å². The lowest BCUT2D eigenvalue weighted by molar-refractivity contribution is -0.137. The van der Waals surface area contributed by atoms with E-state index < -0.39 is 11.7 Å². The molecule has 2 aliphatic heterocycles. The van der Waals surface area contributed by atoms with Crippen molar-refractivity contribution in [2.24, 2.45) is 11.3 Å². The van der Waals surface area contributed by atoms with Crippen LogP contribution >= 0.6 is 0 Å². The van der Waals surface area contributed by atoms with Gasteiger partial charge in [0.25, 0.3) is 0 Å². The Kier molecular flexibility index (Phi) is 5.16. The molecule has 1 aliphatic carbocycles. The highest BCUT2D eigenvalue weighted by atomic mass is 19.4. The molecular weight excluding hydrogens is 369 g/mol. The van der Waals surface area contributed by atoms with Gasteiger partial charge in [0.05, 0.1) is 18.8 Å². The highest BCUT2D eigenvalue weighted by Gasteiger charge is 2.37. The van der Waals surface area contributed by atoms with E-state index in [1.807, 2.05) is 0 Å². The molecule has 28 heavy (non-hydrogen) atoms. The lowest BCUT2D eigenvalue weighted by atomic mass is 9.88. The summed E-state index contributed by atoms with van der Waals surface area (Å²) in [6.07, 6.45) is -1.12. The van der Waals surface area contributed by atoms with Crippen LogP contribution in [0.25, 0.3) is 0 Å². The number of ether oxygens (including phenoxy) is 1. The first-order valence-corrected chi connectivity index (χ1v) is 10.0. The van der Waals surface area contributed by atoms with Crippen molar-refractivity contribution in [1.82, 2.24) is 10.2 Å². The van der Waals surface area contributed by atoms with Crippen LogP contribution in [0.4, 0.5) is 13.2 Å². The number of benzene rings is 1. The van der Waals surface area contributed by atoms with Crippen LogP contribution in [0.3, 0.4) is 0 Å². The number of nitrogens with one attached hydrogen (secondary N) is 1. The quantitative estimate of drug-likeness (QED) is 0.848. The molecule has 1 N–H and O–H groups in total. The van der Waals surface area contributed by atoms with Gasteiger partial charge in [-0.1, -0.05) is 13.0 Å². The molecule has 1 saturated heterocycles. The Morgan fingerprint density at radius 3 is 2.75 bits per heavy atom. The summed E-state index contributed by atoms with van der Waals surface area (Å²) in [6, 6.07) is 4.23. The number of carbonyl (C=O) groups is 1. The maximum absolute atomic E-state index is 13.0. The molecule has 3 aliphatic rings. The van der Waals surface area contributed by atoms with Gasteiger partial charge in [0.15, 0.2) is 0 Å². The smallest absolute Gasteiger partial charge is 0.380 e. The molecule has 0 bridgehead atoms. The van der Waals surface area contributed by atoms with Crippen molar-refractivity contribution in [2.75, 3.05) is 26.3 Å². The van der Waals surface area contributed by atoms with E-state index >= 15 is 0 Å². The fraction of sp³-hybridized carbons (Fsp3) is 0.667. The van der Waals surface area contributed by atoms with Crippen LogP contribution in [0.15, 0.2) is 18.2 Å². The van der Waals surface area contributed by atoms with Gasteiger partial charge in [0.2, 0.25) is 5.91 Å². The number of alkyl halides is 3. The Morgan fingerprint density at radius 2 is 2.07 bits per heavy atom. The number of nitrogens with zero attached hydrogens (tertiary/aromatic N) is 1. The van der Waals surface area contributed by atoms with Crippen molar-refractivity contribution in [1.29, 1.82) is 0 Å². The molecule has 0 aromatic heterocycles. The predicted octanol–water partition coefficient (Wildman–Crippen LogP) is 3.38. The van der Waals surface area contributed by atoms with Crippen LogP contribution in [-0.4, -0.2) is 43.2 Å². The Bertz CT molecular complexity index is 746. The molecule has 1 saturated carbocycles. The lowest BCUT2D eigenvalue weighted by Crippen LogP contribution is -2.49. The third-order valence-electron chi connectivity index (χ3n) is 6.36. The molecule has 4 rings (SSSR count). The normalized spacial score (nSPS) is 26.6. The van der Waals surface area contributed by atoms with Gasteiger partial charge in [-0.05, 0) is 48.9 Å². The molecule has 7 heteroatoms. The van der Waals surface area contributed by atoms with Crippen molar-refractivity contribution in [3.8, 4) is 0 Å². The molecule has 0 spiro atoms. The van der Waals surface area contributed by atoms with E-state index in [9.17, 15) is 18.0 Å². The van der Waals surface area contributed by atoms with Crippen LogP contribution in [0, 0.1) is 11.3 Å². The average Bonchev–Trinajstić information content (AvgIpc) is 3.11. The summed E-state index contributed by atoms with van der Waals surface area (Å²) in [7, 11) is 0. The first kappa shape index (κ1) is 19.7. The fourth-order valence-corrected chi connectivity index (χ4v) is 4.51. The maximum atomic E-state index is 13.0. The van der Waals surface area contributed by atoms with Gasteiger partial charge in [-0.25, -0.2) is 0 Å². The molecule has 4 nitrogen and oxygen atoms in total. The summed E-state index contributed by atoms with van der Waals surface area (Å²) in [4.78, 5) is 14.7. The number of halogens is 3. The zero-order chi connectivity index (χ0) is 19.9. The van der Waals surface area contributed by atoms with Crippen molar-refractivity contribution in [2.45, 2.75) is 51.4 Å². The Labute approximate surface area is 163 Å².